The van der Waals surface area contributed by atoms with Gasteiger partial charge in [-0.3, -0.25) is 9.89 Å². The average molecular weight is 253 g/mol. The van der Waals surface area contributed by atoms with E-state index in [-0.39, 0.29) is 17.3 Å². The van der Waals surface area contributed by atoms with Gasteiger partial charge in [0.2, 0.25) is 5.82 Å². The number of aromatic nitrogens is 3. The maximum absolute atomic E-state index is 11.8. The molecule has 1 rings (SSSR count). The first-order valence-electron chi connectivity index (χ1n) is 6.53. The monoisotopic (exact) mass is 253 g/mol. The first kappa shape index (κ1) is 14.6. The molecule has 1 aromatic heterocycles. The lowest BCUT2D eigenvalue weighted by Crippen LogP contribution is -2.49. The largest absolute Gasteiger partial charge is 0.347 e. The summed E-state index contributed by atoms with van der Waals surface area (Å²) in [5.74, 6) is 0.658. The summed E-state index contributed by atoms with van der Waals surface area (Å²) in [5, 5.41) is 9.45. The topological polar surface area (TPSA) is 96.7 Å². The number of aryl methyl sites for hydroxylation is 1. The summed E-state index contributed by atoms with van der Waals surface area (Å²) in [6.45, 7) is 6.52. The highest BCUT2D eigenvalue weighted by Crippen LogP contribution is 2.09. The minimum Gasteiger partial charge on any atom is -0.347 e. The van der Waals surface area contributed by atoms with Crippen molar-refractivity contribution >= 4 is 5.91 Å². The van der Waals surface area contributed by atoms with Crippen LogP contribution in [0.25, 0.3) is 0 Å². The molecule has 0 bridgehead atoms. The molecule has 6 heteroatoms. The zero-order chi connectivity index (χ0) is 13.6. The van der Waals surface area contributed by atoms with E-state index in [0.29, 0.717) is 6.54 Å². The van der Waals surface area contributed by atoms with Crippen molar-refractivity contribution in [3.63, 3.8) is 0 Å². The standard InChI is InChI=1S/C12H23N5O/c1-4-7-9-15-10(17-16-9)11(18)14-8-12(13,5-2)6-3/h4-8,13H2,1-3H3,(H,14,18)(H,15,16,17). The highest BCUT2D eigenvalue weighted by Gasteiger charge is 2.22. The van der Waals surface area contributed by atoms with Crippen LogP contribution >= 0.6 is 0 Å². The van der Waals surface area contributed by atoms with Crippen LogP contribution in [0.3, 0.4) is 0 Å². The molecule has 0 spiro atoms. The van der Waals surface area contributed by atoms with E-state index < -0.39 is 0 Å². The van der Waals surface area contributed by atoms with Crippen LogP contribution in [0.4, 0.5) is 0 Å². The van der Waals surface area contributed by atoms with Gasteiger partial charge < -0.3 is 11.1 Å². The number of carbonyl (C=O) groups is 1. The number of hydrogen-bond donors (Lipinski definition) is 3. The maximum Gasteiger partial charge on any atom is 0.291 e. The first-order chi connectivity index (χ1) is 8.54. The van der Waals surface area contributed by atoms with Gasteiger partial charge in [-0.1, -0.05) is 20.8 Å². The molecular formula is C12H23N5O. The van der Waals surface area contributed by atoms with Crippen molar-refractivity contribution in [2.45, 2.75) is 52.0 Å². The molecular weight excluding hydrogens is 230 g/mol. The van der Waals surface area contributed by atoms with Crippen LogP contribution in [-0.4, -0.2) is 33.2 Å². The molecule has 18 heavy (non-hydrogen) atoms. The summed E-state index contributed by atoms with van der Waals surface area (Å²) in [4.78, 5) is 16.0. The Morgan fingerprint density at radius 3 is 2.61 bits per heavy atom. The molecule has 0 aromatic carbocycles. The summed E-state index contributed by atoms with van der Waals surface area (Å²) in [7, 11) is 0. The smallest absolute Gasteiger partial charge is 0.291 e. The van der Waals surface area contributed by atoms with Gasteiger partial charge in [0, 0.05) is 18.5 Å². The van der Waals surface area contributed by atoms with Gasteiger partial charge in [-0.2, -0.15) is 0 Å². The van der Waals surface area contributed by atoms with Gasteiger partial charge in [-0.15, -0.1) is 5.10 Å². The molecule has 0 fully saturated rings. The number of hydrogen-bond acceptors (Lipinski definition) is 4. The molecule has 0 radical (unpaired) electrons. The van der Waals surface area contributed by atoms with E-state index in [9.17, 15) is 4.79 Å². The third kappa shape index (κ3) is 3.80. The van der Waals surface area contributed by atoms with Crippen molar-refractivity contribution < 1.29 is 4.79 Å². The van der Waals surface area contributed by atoms with Crippen molar-refractivity contribution in [1.82, 2.24) is 20.5 Å². The second-order valence-corrected chi connectivity index (χ2v) is 4.61. The molecule has 102 valence electrons. The van der Waals surface area contributed by atoms with Crippen LogP contribution < -0.4 is 11.1 Å². The minimum absolute atomic E-state index is 0.188. The number of nitrogens with one attached hydrogen (secondary N) is 2. The number of rotatable bonds is 7. The number of amides is 1. The van der Waals surface area contributed by atoms with Crippen molar-refractivity contribution in [1.29, 1.82) is 0 Å². The van der Waals surface area contributed by atoms with Crippen molar-refractivity contribution in [2.75, 3.05) is 6.54 Å². The number of carbonyl (C=O) groups excluding carboxylic acids is 1. The van der Waals surface area contributed by atoms with Crippen molar-refractivity contribution in [3.8, 4) is 0 Å². The van der Waals surface area contributed by atoms with Crippen molar-refractivity contribution in [2.24, 2.45) is 5.73 Å². The minimum atomic E-state index is -0.349. The Morgan fingerprint density at radius 2 is 2.06 bits per heavy atom. The van der Waals surface area contributed by atoms with Crippen LogP contribution in [0, 0.1) is 0 Å². The zero-order valence-corrected chi connectivity index (χ0v) is 11.4. The molecule has 1 aromatic rings. The predicted molar refractivity (Wildman–Crippen MR) is 70.2 cm³/mol. The van der Waals surface area contributed by atoms with Crippen LogP contribution in [-0.2, 0) is 6.42 Å². The molecule has 0 atom stereocenters. The lowest BCUT2D eigenvalue weighted by molar-refractivity contribution is 0.0932. The van der Waals surface area contributed by atoms with Gasteiger partial charge in [0.15, 0.2) is 0 Å². The summed E-state index contributed by atoms with van der Waals surface area (Å²) in [6.07, 6.45) is 3.40. The van der Waals surface area contributed by atoms with Gasteiger partial charge >= 0.3 is 0 Å². The summed E-state index contributed by atoms with van der Waals surface area (Å²) < 4.78 is 0. The molecule has 1 amide bonds. The maximum atomic E-state index is 11.8. The van der Waals surface area contributed by atoms with E-state index in [4.69, 9.17) is 5.73 Å². The summed E-state index contributed by atoms with van der Waals surface area (Å²) in [5.41, 5.74) is 5.76. The van der Waals surface area contributed by atoms with Gasteiger partial charge in [-0.05, 0) is 19.3 Å². The number of H-pyrrole nitrogens is 1. The van der Waals surface area contributed by atoms with Crippen molar-refractivity contribution in [3.05, 3.63) is 11.6 Å². The lowest BCUT2D eigenvalue weighted by atomic mass is 9.94. The second kappa shape index (κ2) is 6.49. The molecule has 0 unspecified atom stereocenters. The number of nitrogens with zero attached hydrogens (tertiary/aromatic N) is 2. The van der Waals surface area contributed by atoms with Gasteiger partial charge in [0.25, 0.3) is 5.91 Å². The molecule has 0 aliphatic rings. The average Bonchev–Trinajstić information content (AvgIpc) is 2.85. The van der Waals surface area contributed by atoms with E-state index in [1.807, 2.05) is 20.8 Å². The molecule has 0 saturated heterocycles. The summed E-state index contributed by atoms with van der Waals surface area (Å²) in [6, 6.07) is 0. The third-order valence-corrected chi connectivity index (χ3v) is 3.23. The first-order valence-corrected chi connectivity index (χ1v) is 6.53. The Kier molecular flexibility index (Phi) is 5.27. The molecule has 4 N–H and O–H groups in total. The Labute approximate surface area is 108 Å². The fourth-order valence-electron chi connectivity index (χ4n) is 1.58. The van der Waals surface area contributed by atoms with Gasteiger partial charge in [0.1, 0.15) is 5.82 Å². The normalized spacial score (nSPS) is 11.6. The highest BCUT2D eigenvalue weighted by molar-refractivity contribution is 5.90. The Balaban J connectivity index is 2.54. The lowest BCUT2D eigenvalue weighted by Gasteiger charge is -2.26. The van der Waals surface area contributed by atoms with Gasteiger partial charge in [-0.25, -0.2) is 4.98 Å². The molecule has 0 saturated carbocycles. The van der Waals surface area contributed by atoms with Crippen LogP contribution in [0.2, 0.25) is 0 Å². The van der Waals surface area contributed by atoms with E-state index >= 15 is 0 Å². The Morgan fingerprint density at radius 1 is 1.39 bits per heavy atom. The quantitative estimate of drug-likeness (QED) is 0.675. The number of aromatic amines is 1. The molecule has 0 aliphatic carbocycles. The number of nitrogens with two attached hydrogens (primary N) is 1. The van der Waals surface area contributed by atoms with Crippen LogP contribution in [0.5, 0.6) is 0 Å². The third-order valence-electron chi connectivity index (χ3n) is 3.23. The fraction of sp³-hybridized carbons (Fsp3) is 0.750. The van der Waals surface area contributed by atoms with Gasteiger partial charge in [0.05, 0.1) is 0 Å². The fourth-order valence-corrected chi connectivity index (χ4v) is 1.58. The Bertz CT molecular complexity index is 384. The van der Waals surface area contributed by atoms with E-state index in [1.165, 1.54) is 0 Å². The zero-order valence-electron chi connectivity index (χ0n) is 11.4. The van der Waals surface area contributed by atoms with E-state index in [2.05, 4.69) is 20.5 Å². The van der Waals surface area contributed by atoms with E-state index in [1.54, 1.807) is 0 Å². The second-order valence-electron chi connectivity index (χ2n) is 4.61. The molecule has 6 nitrogen and oxygen atoms in total. The van der Waals surface area contributed by atoms with E-state index in [0.717, 1.165) is 31.5 Å². The summed E-state index contributed by atoms with van der Waals surface area (Å²) >= 11 is 0. The molecule has 0 aliphatic heterocycles. The van der Waals surface area contributed by atoms with Crippen LogP contribution in [0.15, 0.2) is 0 Å². The Hall–Kier alpha value is -1.43. The highest BCUT2D eigenvalue weighted by atomic mass is 16.2. The molecule has 1 heterocycles. The van der Waals surface area contributed by atoms with Crippen LogP contribution in [0.1, 0.15) is 56.5 Å². The SMILES string of the molecule is CCCc1nc(C(=O)NCC(N)(CC)CC)n[nH]1. The predicted octanol–water partition coefficient (Wildman–Crippen LogP) is 1.00.